The second-order valence-electron chi connectivity index (χ2n) is 3.59. The number of aromatic nitrogens is 2. The van der Waals surface area contributed by atoms with Crippen LogP contribution in [0.1, 0.15) is 38.9 Å². The van der Waals surface area contributed by atoms with Crippen molar-refractivity contribution < 1.29 is 4.74 Å². The van der Waals surface area contributed by atoms with Crippen molar-refractivity contribution in [2.24, 2.45) is 0 Å². The van der Waals surface area contributed by atoms with Gasteiger partial charge in [0.1, 0.15) is 0 Å². The van der Waals surface area contributed by atoms with Crippen molar-refractivity contribution in [2.45, 2.75) is 39.8 Å². The van der Waals surface area contributed by atoms with Gasteiger partial charge in [-0.1, -0.05) is 6.92 Å². The molecule has 1 atom stereocenters. The summed E-state index contributed by atoms with van der Waals surface area (Å²) in [7, 11) is 1.69. The average Bonchev–Trinajstić information content (AvgIpc) is 2.68. The maximum atomic E-state index is 5.31. The molecule has 0 bridgehead atoms. The molecule has 1 aromatic heterocycles. The highest BCUT2D eigenvalue weighted by atomic mass is 16.5. The molecule has 1 aromatic rings. The molecular formula is C11H21N3O. The van der Waals surface area contributed by atoms with Crippen molar-refractivity contribution in [3.8, 4) is 5.75 Å². The van der Waals surface area contributed by atoms with Gasteiger partial charge in [-0.15, -0.1) is 0 Å². The Morgan fingerprint density at radius 3 is 2.80 bits per heavy atom. The van der Waals surface area contributed by atoms with Gasteiger partial charge in [0.2, 0.25) is 0 Å². The van der Waals surface area contributed by atoms with Gasteiger partial charge in [0.05, 0.1) is 25.0 Å². The van der Waals surface area contributed by atoms with Crippen LogP contribution in [0, 0.1) is 0 Å². The Hall–Kier alpha value is -1.03. The highest BCUT2D eigenvalue weighted by Crippen LogP contribution is 2.24. The maximum Gasteiger partial charge on any atom is 0.161 e. The Morgan fingerprint density at radius 1 is 1.53 bits per heavy atom. The third kappa shape index (κ3) is 2.72. The van der Waals surface area contributed by atoms with Crippen molar-refractivity contribution in [1.29, 1.82) is 0 Å². The summed E-state index contributed by atoms with van der Waals surface area (Å²) in [5, 5.41) is 7.73. The number of hydrogen-bond acceptors (Lipinski definition) is 3. The first-order valence-corrected chi connectivity index (χ1v) is 5.57. The van der Waals surface area contributed by atoms with Gasteiger partial charge in [0, 0.05) is 6.54 Å². The van der Waals surface area contributed by atoms with E-state index in [0.717, 1.165) is 31.0 Å². The van der Waals surface area contributed by atoms with Crippen LogP contribution in [0.15, 0.2) is 6.20 Å². The molecule has 0 saturated carbocycles. The van der Waals surface area contributed by atoms with Gasteiger partial charge >= 0.3 is 0 Å². The molecule has 1 heterocycles. The predicted molar refractivity (Wildman–Crippen MR) is 61.2 cm³/mol. The van der Waals surface area contributed by atoms with E-state index >= 15 is 0 Å². The van der Waals surface area contributed by atoms with Crippen LogP contribution in [0.3, 0.4) is 0 Å². The van der Waals surface area contributed by atoms with E-state index in [2.05, 4.69) is 31.2 Å². The quantitative estimate of drug-likeness (QED) is 0.782. The van der Waals surface area contributed by atoms with E-state index in [-0.39, 0.29) is 6.04 Å². The summed E-state index contributed by atoms with van der Waals surface area (Å²) in [5.74, 6) is 0.868. The Labute approximate surface area is 91.6 Å². The highest BCUT2D eigenvalue weighted by Gasteiger charge is 2.16. The van der Waals surface area contributed by atoms with Crippen LogP contribution in [-0.4, -0.2) is 23.4 Å². The number of hydrogen-bond donors (Lipinski definition) is 1. The Kier molecular flexibility index (Phi) is 4.62. The molecule has 0 aromatic carbocycles. The summed E-state index contributed by atoms with van der Waals surface area (Å²) in [5.41, 5.74) is 1.13. The lowest BCUT2D eigenvalue weighted by molar-refractivity contribution is 0.395. The molecule has 0 aliphatic carbocycles. The lowest BCUT2D eigenvalue weighted by Gasteiger charge is -2.16. The van der Waals surface area contributed by atoms with E-state index in [1.807, 2.05) is 4.68 Å². The molecule has 15 heavy (non-hydrogen) atoms. The van der Waals surface area contributed by atoms with E-state index in [9.17, 15) is 0 Å². The summed E-state index contributed by atoms with van der Waals surface area (Å²) in [4.78, 5) is 0. The molecule has 0 spiro atoms. The zero-order valence-electron chi connectivity index (χ0n) is 10.1. The van der Waals surface area contributed by atoms with E-state index in [1.165, 1.54) is 0 Å². The Morgan fingerprint density at radius 2 is 2.27 bits per heavy atom. The lowest BCUT2D eigenvalue weighted by atomic mass is 10.2. The van der Waals surface area contributed by atoms with Gasteiger partial charge in [0.15, 0.2) is 5.75 Å². The molecule has 0 saturated heterocycles. The van der Waals surface area contributed by atoms with Gasteiger partial charge in [-0.3, -0.25) is 4.68 Å². The van der Waals surface area contributed by atoms with Crippen LogP contribution in [0.25, 0.3) is 0 Å². The zero-order chi connectivity index (χ0) is 11.3. The van der Waals surface area contributed by atoms with Gasteiger partial charge in [-0.2, -0.15) is 5.10 Å². The SMILES string of the molecule is CCCNC(C)c1c(OC)cnn1CC. The van der Waals surface area contributed by atoms with E-state index in [0.29, 0.717) is 0 Å². The number of nitrogens with zero attached hydrogens (tertiary/aromatic N) is 2. The summed E-state index contributed by atoms with van der Waals surface area (Å²) >= 11 is 0. The minimum absolute atomic E-state index is 0.280. The Balaban J connectivity index is 2.83. The fraction of sp³-hybridized carbons (Fsp3) is 0.727. The standard InChI is InChI=1S/C11H21N3O/c1-5-7-12-9(3)11-10(15-4)8-13-14(11)6-2/h8-9,12H,5-7H2,1-4H3. The number of ether oxygens (including phenoxy) is 1. The zero-order valence-corrected chi connectivity index (χ0v) is 10.1. The summed E-state index contributed by atoms with van der Waals surface area (Å²) in [6, 6.07) is 0.280. The Bertz CT molecular complexity index is 275. The van der Waals surface area contributed by atoms with Crippen molar-refractivity contribution in [3.05, 3.63) is 11.9 Å². The molecule has 4 heteroatoms. The topological polar surface area (TPSA) is 39.1 Å². The molecular weight excluding hydrogens is 190 g/mol. The highest BCUT2D eigenvalue weighted by molar-refractivity contribution is 5.27. The lowest BCUT2D eigenvalue weighted by Crippen LogP contribution is -2.22. The molecule has 0 amide bonds. The number of methoxy groups -OCH3 is 1. The van der Waals surface area contributed by atoms with Gasteiger partial charge in [-0.25, -0.2) is 0 Å². The molecule has 0 aliphatic rings. The minimum Gasteiger partial charge on any atom is -0.493 e. The smallest absolute Gasteiger partial charge is 0.161 e. The first kappa shape index (κ1) is 12.0. The van der Waals surface area contributed by atoms with Crippen LogP contribution in [0.4, 0.5) is 0 Å². The molecule has 1 unspecified atom stereocenters. The van der Waals surface area contributed by atoms with Crippen LogP contribution < -0.4 is 10.1 Å². The molecule has 1 rings (SSSR count). The molecule has 0 radical (unpaired) electrons. The molecule has 86 valence electrons. The first-order valence-electron chi connectivity index (χ1n) is 5.57. The van der Waals surface area contributed by atoms with Crippen molar-refractivity contribution in [2.75, 3.05) is 13.7 Å². The summed E-state index contributed by atoms with van der Waals surface area (Å²) < 4.78 is 7.28. The average molecular weight is 211 g/mol. The van der Waals surface area contributed by atoms with Gasteiger partial charge in [0.25, 0.3) is 0 Å². The van der Waals surface area contributed by atoms with Crippen LogP contribution in [0.2, 0.25) is 0 Å². The van der Waals surface area contributed by atoms with E-state index < -0.39 is 0 Å². The fourth-order valence-corrected chi connectivity index (χ4v) is 1.68. The number of aryl methyl sites for hydroxylation is 1. The monoisotopic (exact) mass is 211 g/mol. The minimum atomic E-state index is 0.280. The van der Waals surface area contributed by atoms with E-state index in [4.69, 9.17) is 4.74 Å². The summed E-state index contributed by atoms with van der Waals surface area (Å²) in [6.45, 7) is 8.27. The van der Waals surface area contributed by atoms with Crippen LogP contribution in [-0.2, 0) is 6.54 Å². The van der Waals surface area contributed by atoms with Crippen molar-refractivity contribution in [3.63, 3.8) is 0 Å². The fourth-order valence-electron chi connectivity index (χ4n) is 1.68. The number of rotatable bonds is 6. The van der Waals surface area contributed by atoms with Gasteiger partial charge < -0.3 is 10.1 Å². The normalized spacial score (nSPS) is 12.8. The molecule has 1 N–H and O–H groups in total. The van der Waals surface area contributed by atoms with Crippen LogP contribution >= 0.6 is 0 Å². The second kappa shape index (κ2) is 5.75. The molecule has 0 aliphatic heterocycles. The third-order valence-corrected chi connectivity index (χ3v) is 2.48. The third-order valence-electron chi connectivity index (χ3n) is 2.48. The molecule has 0 fully saturated rings. The summed E-state index contributed by atoms with van der Waals surface area (Å²) in [6.07, 6.45) is 2.91. The first-order chi connectivity index (χ1) is 7.24. The number of nitrogens with one attached hydrogen (secondary N) is 1. The second-order valence-corrected chi connectivity index (χ2v) is 3.59. The van der Waals surface area contributed by atoms with Crippen molar-refractivity contribution >= 4 is 0 Å². The molecule has 4 nitrogen and oxygen atoms in total. The van der Waals surface area contributed by atoms with Crippen molar-refractivity contribution in [1.82, 2.24) is 15.1 Å². The van der Waals surface area contributed by atoms with E-state index in [1.54, 1.807) is 13.3 Å². The van der Waals surface area contributed by atoms with Crippen LogP contribution in [0.5, 0.6) is 5.75 Å². The van der Waals surface area contributed by atoms with Gasteiger partial charge in [-0.05, 0) is 26.8 Å². The largest absolute Gasteiger partial charge is 0.493 e. The maximum absolute atomic E-state index is 5.31. The predicted octanol–water partition coefficient (Wildman–Crippen LogP) is 1.97.